The zero-order valence-corrected chi connectivity index (χ0v) is 11.8. The number of pyridine rings is 1. The van der Waals surface area contributed by atoms with E-state index < -0.39 is 4.92 Å². The minimum atomic E-state index is -0.395. The lowest BCUT2D eigenvalue weighted by Gasteiger charge is -2.27. The molecular weight excluding hydrogens is 260 g/mol. The van der Waals surface area contributed by atoms with Crippen LogP contribution in [0.2, 0.25) is 0 Å². The topological polar surface area (TPSA) is 80.5 Å². The number of nitrogens with zero attached hydrogens (tertiary/aromatic N) is 3. The average Bonchev–Trinajstić information content (AvgIpc) is 2.47. The van der Waals surface area contributed by atoms with E-state index in [2.05, 4.69) is 10.3 Å². The maximum Gasteiger partial charge on any atom is 0.276 e. The fourth-order valence-electron chi connectivity index (χ4n) is 2.34. The van der Waals surface area contributed by atoms with Crippen LogP contribution in [0.3, 0.4) is 0 Å². The van der Waals surface area contributed by atoms with Crippen molar-refractivity contribution in [1.82, 2.24) is 4.98 Å². The molecule has 7 heteroatoms. The Kier molecular flexibility index (Phi) is 4.73. The molecule has 0 saturated carbocycles. The van der Waals surface area contributed by atoms with E-state index in [4.69, 9.17) is 4.74 Å². The van der Waals surface area contributed by atoms with Crippen molar-refractivity contribution < 1.29 is 9.66 Å². The normalized spacial score (nSPS) is 15.9. The number of rotatable bonds is 5. The Labute approximate surface area is 118 Å². The SMILES string of the molecule is CNc1cc([N+](=O)[O-])cc(N(C)CC2CCOCC2)n1. The van der Waals surface area contributed by atoms with Gasteiger partial charge >= 0.3 is 0 Å². The van der Waals surface area contributed by atoms with Gasteiger partial charge in [0.2, 0.25) is 0 Å². The van der Waals surface area contributed by atoms with Crippen LogP contribution in [-0.2, 0) is 4.74 Å². The highest BCUT2D eigenvalue weighted by Gasteiger charge is 2.18. The minimum absolute atomic E-state index is 0.0539. The summed E-state index contributed by atoms with van der Waals surface area (Å²) < 4.78 is 5.34. The molecule has 0 atom stereocenters. The molecule has 0 unspecified atom stereocenters. The number of hydrogen-bond donors (Lipinski definition) is 1. The largest absolute Gasteiger partial charge is 0.381 e. The van der Waals surface area contributed by atoms with Crippen molar-refractivity contribution in [3.05, 3.63) is 22.2 Å². The molecule has 1 fully saturated rings. The average molecular weight is 280 g/mol. The molecule has 20 heavy (non-hydrogen) atoms. The molecule has 0 aliphatic carbocycles. The monoisotopic (exact) mass is 280 g/mol. The number of hydrogen-bond acceptors (Lipinski definition) is 6. The Morgan fingerprint density at radius 3 is 2.80 bits per heavy atom. The Hall–Kier alpha value is -1.89. The summed E-state index contributed by atoms with van der Waals surface area (Å²) in [6.45, 7) is 2.42. The third-order valence-corrected chi connectivity index (χ3v) is 3.53. The summed E-state index contributed by atoms with van der Waals surface area (Å²) in [6, 6.07) is 2.95. The Morgan fingerprint density at radius 1 is 1.50 bits per heavy atom. The van der Waals surface area contributed by atoms with Crippen molar-refractivity contribution in [2.75, 3.05) is 44.1 Å². The summed E-state index contributed by atoms with van der Waals surface area (Å²) in [5.41, 5.74) is 0.0539. The van der Waals surface area contributed by atoms with Crippen molar-refractivity contribution in [1.29, 1.82) is 0 Å². The predicted molar refractivity (Wildman–Crippen MR) is 77.3 cm³/mol. The molecule has 1 aromatic rings. The van der Waals surface area contributed by atoms with E-state index in [1.807, 2.05) is 11.9 Å². The molecule has 0 bridgehead atoms. The molecule has 7 nitrogen and oxygen atoms in total. The molecule has 110 valence electrons. The summed E-state index contributed by atoms with van der Waals surface area (Å²) in [4.78, 5) is 16.9. The molecule has 2 rings (SSSR count). The van der Waals surface area contributed by atoms with E-state index in [9.17, 15) is 10.1 Å². The van der Waals surface area contributed by atoms with E-state index in [-0.39, 0.29) is 5.69 Å². The maximum absolute atomic E-state index is 10.9. The Balaban J connectivity index is 2.13. The van der Waals surface area contributed by atoms with E-state index in [1.54, 1.807) is 7.05 Å². The summed E-state index contributed by atoms with van der Waals surface area (Å²) in [5.74, 6) is 1.68. The zero-order chi connectivity index (χ0) is 14.5. The third-order valence-electron chi connectivity index (χ3n) is 3.53. The highest BCUT2D eigenvalue weighted by molar-refractivity contribution is 5.55. The first-order valence-corrected chi connectivity index (χ1v) is 6.73. The molecule has 0 radical (unpaired) electrons. The van der Waals surface area contributed by atoms with Gasteiger partial charge in [0.05, 0.1) is 17.1 Å². The molecule has 1 saturated heterocycles. The first kappa shape index (κ1) is 14.5. The third kappa shape index (κ3) is 3.57. The second kappa shape index (κ2) is 6.51. The van der Waals surface area contributed by atoms with Crippen LogP contribution < -0.4 is 10.2 Å². The molecule has 1 N–H and O–H groups in total. The van der Waals surface area contributed by atoms with Gasteiger partial charge in [-0.3, -0.25) is 10.1 Å². The van der Waals surface area contributed by atoms with Gasteiger partial charge in [-0.25, -0.2) is 4.98 Å². The highest BCUT2D eigenvalue weighted by atomic mass is 16.6. The van der Waals surface area contributed by atoms with E-state index >= 15 is 0 Å². The first-order chi connectivity index (χ1) is 9.60. The molecule has 0 amide bonds. The van der Waals surface area contributed by atoms with Crippen LogP contribution >= 0.6 is 0 Å². The van der Waals surface area contributed by atoms with Gasteiger partial charge in [-0.15, -0.1) is 0 Å². The molecular formula is C13H20N4O3. The van der Waals surface area contributed by atoms with Gasteiger partial charge in [-0.1, -0.05) is 0 Å². The van der Waals surface area contributed by atoms with Crippen molar-refractivity contribution in [2.45, 2.75) is 12.8 Å². The lowest BCUT2D eigenvalue weighted by Crippen LogP contribution is -2.30. The van der Waals surface area contributed by atoms with Crippen LogP contribution in [0.15, 0.2) is 12.1 Å². The van der Waals surface area contributed by atoms with Crippen LogP contribution in [-0.4, -0.2) is 43.8 Å². The van der Waals surface area contributed by atoms with Crippen molar-refractivity contribution >= 4 is 17.3 Å². The van der Waals surface area contributed by atoms with Gasteiger partial charge in [0.25, 0.3) is 5.69 Å². The Bertz CT molecular complexity index is 475. The summed E-state index contributed by atoms with van der Waals surface area (Å²) in [6.07, 6.45) is 2.05. The fraction of sp³-hybridized carbons (Fsp3) is 0.615. The van der Waals surface area contributed by atoms with Gasteiger partial charge in [0, 0.05) is 33.9 Å². The lowest BCUT2D eigenvalue weighted by molar-refractivity contribution is -0.384. The summed E-state index contributed by atoms with van der Waals surface area (Å²) in [5, 5.41) is 13.8. The van der Waals surface area contributed by atoms with E-state index in [0.717, 1.165) is 32.6 Å². The lowest BCUT2D eigenvalue weighted by atomic mass is 10.00. The number of ether oxygens (including phenoxy) is 1. The molecule has 2 heterocycles. The van der Waals surface area contributed by atoms with Crippen LogP contribution in [0.25, 0.3) is 0 Å². The minimum Gasteiger partial charge on any atom is -0.381 e. The van der Waals surface area contributed by atoms with Gasteiger partial charge in [0.1, 0.15) is 11.6 Å². The first-order valence-electron chi connectivity index (χ1n) is 6.73. The summed E-state index contributed by atoms with van der Waals surface area (Å²) >= 11 is 0. The second-order valence-corrected chi connectivity index (χ2v) is 5.01. The van der Waals surface area contributed by atoms with E-state index in [0.29, 0.717) is 17.6 Å². The van der Waals surface area contributed by atoms with Crippen LogP contribution in [0.4, 0.5) is 17.3 Å². The molecule has 0 spiro atoms. The predicted octanol–water partition coefficient (Wildman–Crippen LogP) is 1.89. The van der Waals surface area contributed by atoms with Crippen LogP contribution in [0, 0.1) is 16.0 Å². The molecule has 1 aromatic heterocycles. The van der Waals surface area contributed by atoms with Gasteiger partial charge < -0.3 is 15.0 Å². The van der Waals surface area contributed by atoms with Gasteiger partial charge in [-0.05, 0) is 18.8 Å². The molecule has 0 aromatic carbocycles. The van der Waals surface area contributed by atoms with Crippen molar-refractivity contribution in [2.24, 2.45) is 5.92 Å². The maximum atomic E-state index is 10.9. The number of nitro groups is 1. The fourth-order valence-corrected chi connectivity index (χ4v) is 2.34. The molecule has 1 aliphatic heterocycles. The van der Waals surface area contributed by atoms with Crippen molar-refractivity contribution in [3.8, 4) is 0 Å². The van der Waals surface area contributed by atoms with Crippen LogP contribution in [0.1, 0.15) is 12.8 Å². The van der Waals surface area contributed by atoms with Gasteiger partial charge in [-0.2, -0.15) is 0 Å². The smallest absolute Gasteiger partial charge is 0.276 e. The standard InChI is InChI=1S/C13H20N4O3/c1-14-12-7-11(17(18)19)8-13(15-12)16(2)9-10-3-5-20-6-4-10/h7-8,10H,3-6,9H2,1-2H3,(H,14,15). The highest BCUT2D eigenvalue weighted by Crippen LogP contribution is 2.24. The number of nitrogens with one attached hydrogen (secondary N) is 1. The van der Waals surface area contributed by atoms with Crippen LogP contribution in [0.5, 0.6) is 0 Å². The Morgan fingerprint density at radius 2 is 2.20 bits per heavy atom. The number of aromatic nitrogens is 1. The molecule has 1 aliphatic rings. The zero-order valence-electron chi connectivity index (χ0n) is 11.8. The van der Waals surface area contributed by atoms with Crippen molar-refractivity contribution in [3.63, 3.8) is 0 Å². The quantitative estimate of drug-likeness (QED) is 0.655. The van der Waals surface area contributed by atoms with Gasteiger partial charge in [0.15, 0.2) is 0 Å². The number of anilines is 2. The van der Waals surface area contributed by atoms with E-state index in [1.165, 1.54) is 12.1 Å². The summed E-state index contributed by atoms with van der Waals surface area (Å²) in [7, 11) is 3.62. The second-order valence-electron chi connectivity index (χ2n) is 5.01.